The van der Waals surface area contributed by atoms with E-state index in [4.69, 9.17) is 23.2 Å². The summed E-state index contributed by atoms with van der Waals surface area (Å²) in [6.07, 6.45) is 4.69. The minimum absolute atomic E-state index is 0.216. The molecule has 0 saturated carbocycles. The lowest BCUT2D eigenvalue weighted by Crippen LogP contribution is -2.34. The van der Waals surface area contributed by atoms with Crippen molar-refractivity contribution in [3.8, 4) is 11.1 Å². The fourth-order valence-electron chi connectivity index (χ4n) is 4.42. The van der Waals surface area contributed by atoms with E-state index in [1.807, 2.05) is 30.3 Å². The van der Waals surface area contributed by atoms with E-state index < -0.39 is 5.60 Å². The van der Waals surface area contributed by atoms with Crippen molar-refractivity contribution in [2.75, 3.05) is 0 Å². The summed E-state index contributed by atoms with van der Waals surface area (Å²) in [4.78, 5) is 21.8. The molecule has 1 N–H and O–H groups in total. The second-order valence-corrected chi connectivity index (χ2v) is 9.00. The maximum Gasteiger partial charge on any atom is 0.251 e. The van der Waals surface area contributed by atoms with Gasteiger partial charge in [0.25, 0.3) is 5.56 Å². The van der Waals surface area contributed by atoms with E-state index in [9.17, 15) is 9.90 Å². The Labute approximate surface area is 205 Å². The molecule has 34 heavy (non-hydrogen) atoms. The fourth-order valence-corrected chi connectivity index (χ4v) is 4.72. The lowest BCUT2D eigenvalue weighted by Gasteiger charge is -2.30. The Hall–Kier alpha value is -3.45. The first kappa shape index (κ1) is 22.3. The fraction of sp³-hybridized carbons (Fsp3) is 0.115. The van der Waals surface area contributed by atoms with Gasteiger partial charge in [-0.2, -0.15) is 0 Å². The van der Waals surface area contributed by atoms with Crippen molar-refractivity contribution in [2.45, 2.75) is 5.60 Å². The van der Waals surface area contributed by atoms with Crippen molar-refractivity contribution in [1.82, 2.24) is 19.1 Å². The first-order valence-electron chi connectivity index (χ1n) is 10.5. The summed E-state index contributed by atoms with van der Waals surface area (Å²) in [5.41, 5.74) is 1.51. The predicted octanol–water partition coefficient (Wildman–Crippen LogP) is 4.93. The number of aryl methyl sites for hydroxylation is 2. The van der Waals surface area contributed by atoms with Crippen LogP contribution in [0.3, 0.4) is 0 Å². The smallest absolute Gasteiger partial charge is 0.251 e. The van der Waals surface area contributed by atoms with Gasteiger partial charge in [0.2, 0.25) is 0 Å². The molecule has 0 bridgehead atoms. The number of pyridine rings is 2. The number of hydrogen-bond donors (Lipinski definition) is 1. The highest BCUT2D eigenvalue weighted by Gasteiger charge is 2.40. The molecule has 0 aliphatic heterocycles. The lowest BCUT2D eigenvalue weighted by atomic mass is 9.84. The van der Waals surface area contributed by atoms with Crippen molar-refractivity contribution in [2.24, 2.45) is 14.1 Å². The summed E-state index contributed by atoms with van der Waals surface area (Å²) in [6, 6.07) is 17.9. The number of aromatic nitrogens is 4. The summed E-state index contributed by atoms with van der Waals surface area (Å²) in [7, 11) is 3.49. The lowest BCUT2D eigenvalue weighted by molar-refractivity contribution is 0.114. The predicted molar refractivity (Wildman–Crippen MR) is 134 cm³/mol. The number of para-hydroxylation sites is 1. The van der Waals surface area contributed by atoms with Crippen LogP contribution in [0.5, 0.6) is 0 Å². The van der Waals surface area contributed by atoms with E-state index in [2.05, 4.69) is 9.97 Å². The van der Waals surface area contributed by atoms with E-state index in [1.54, 1.807) is 61.5 Å². The van der Waals surface area contributed by atoms with E-state index in [1.165, 1.54) is 10.8 Å². The van der Waals surface area contributed by atoms with Gasteiger partial charge in [-0.3, -0.25) is 9.78 Å². The van der Waals surface area contributed by atoms with Gasteiger partial charge < -0.3 is 14.2 Å². The number of fused-ring (bicyclic) bond motifs is 1. The van der Waals surface area contributed by atoms with Crippen molar-refractivity contribution >= 4 is 34.1 Å². The quantitative estimate of drug-likeness (QED) is 0.387. The molecule has 5 rings (SSSR count). The Kier molecular flexibility index (Phi) is 5.52. The van der Waals surface area contributed by atoms with Gasteiger partial charge in [0.05, 0.1) is 34.5 Å². The third-order valence-electron chi connectivity index (χ3n) is 6.07. The van der Waals surface area contributed by atoms with Gasteiger partial charge >= 0.3 is 0 Å². The van der Waals surface area contributed by atoms with Gasteiger partial charge in [-0.15, -0.1) is 0 Å². The normalized spacial score (nSPS) is 13.2. The standard InChI is InChI=1S/C26H20Cl2N4O2/c1-31-15-29-14-23(31)26(34,22-10-9-18(28)13-30-22)21-8-4-7-19-20(12-24(33)32(2)25(19)21)16-5-3-6-17(27)11-16/h3-15,34H,1-2H3. The minimum atomic E-state index is -1.72. The first-order chi connectivity index (χ1) is 16.3. The van der Waals surface area contributed by atoms with Crippen LogP contribution in [0, 0.1) is 0 Å². The highest BCUT2D eigenvalue weighted by atomic mass is 35.5. The molecule has 0 spiro atoms. The molecule has 5 aromatic rings. The minimum Gasteiger partial charge on any atom is -0.373 e. The van der Waals surface area contributed by atoms with Crippen LogP contribution in [0.25, 0.3) is 22.0 Å². The number of benzene rings is 2. The largest absolute Gasteiger partial charge is 0.373 e. The van der Waals surface area contributed by atoms with Gasteiger partial charge in [0, 0.05) is 42.3 Å². The van der Waals surface area contributed by atoms with Crippen LogP contribution in [-0.2, 0) is 19.7 Å². The van der Waals surface area contributed by atoms with Crippen LogP contribution >= 0.6 is 23.2 Å². The molecule has 3 heterocycles. The SMILES string of the molecule is Cn1cncc1C(O)(c1ccc(Cl)cn1)c1cccc2c(-c3cccc(Cl)c3)cc(=O)n(C)c12. The number of aliphatic hydroxyl groups is 1. The van der Waals surface area contributed by atoms with Gasteiger partial charge in [-0.1, -0.05) is 53.5 Å². The molecular formula is C26H20Cl2N4O2. The Morgan fingerprint density at radius 2 is 1.74 bits per heavy atom. The molecule has 1 unspecified atom stereocenters. The molecule has 0 aliphatic carbocycles. The number of nitrogens with zero attached hydrogens (tertiary/aromatic N) is 4. The van der Waals surface area contributed by atoms with Gasteiger partial charge in [0.15, 0.2) is 5.60 Å². The average molecular weight is 491 g/mol. The molecule has 0 fully saturated rings. The molecule has 0 aliphatic rings. The molecular weight excluding hydrogens is 471 g/mol. The average Bonchev–Trinajstić information content (AvgIpc) is 3.27. The number of imidazole rings is 1. The highest BCUT2D eigenvalue weighted by molar-refractivity contribution is 6.31. The monoisotopic (exact) mass is 490 g/mol. The van der Waals surface area contributed by atoms with E-state index in [0.29, 0.717) is 32.5 Å². The highest BCUT2D eigenvalue weighted by Crippen LogP contribution is 2.40. The molecule has 0 saturated heterocycles. The van der Waals surface area contributed by atoms with Crippen molar-refractivity contribution in [3.05, 3.63) is 117 Å². The molecule has 0 radical (unpaired) electrons. The molecule has 1 atom stereocenters. The Morgan fingerprint density at radius 3 is 2.41 bits per heavy atom. The maximum absolute atomic E-state index is 13.1. The zero-order valence-electron chi connectivity index (χ0n) is 18.4. The number of hydrogen-bond acceptors (Lipinski definition) is 4. The Morgan fingerprint density at radius 1 is 0.941 bits per heavy atom. The molecule has 0 amide bonds. The summed E-state index contributed by atoms with van der Waals surface area (Å²) in [5, 5.41) is 14.2. The molecule has 8 heteroatoms. The molecule has 3 aromatic heterocycles. The molecule has 6 nitrogen and oxygen atoms in total. The van der Waals surface area contributed by atoms with Crippen molar-refractivity contribution in [1.29, 1.82) is 0 Å². The van der Waals surface area contributed by atoms with Gasteiger partial charge in [-0.05, 0) is 35.4 Å². The van der Waals surface area contributed by atoms with Gasteiger partial charge in [-0.25, -0.2) is 4.98 Å². The summed E-state index contributed by atoms with van der Waals surface area (Å²) < 4.78 is 3.27. The van der Waals surface area contributed by atoms with E-state index in [0.717, 1.165) is 16.5 Å². The van der Waals surface area contributed by atoms with E-state index in [-0.39, 0.29) is 5.56 Å². The second-order valence-electron chi connectivity index (χ2n) is 8.13. The maximum atomic E-state index is 13.1. The summed E-state index contributed by atoms with van der Waals surface area (Å²) >= 11 is 12.3. The van der Waals surface area contributed by atoms with Crippen LogP contribution in [0.1, 0.15) is 17.0 Å². The van der Waals surface area contributed by atoms with Gasteiger partial charge in [0.1, 0.15) is 0 Å². The summed E-state index contributed by atoms with van der Waals surface area (Å²) in [6.45, 7) is 0. The van der Waals surface area contributed by atoms with Crippen LogP contribution < -0.4 is 5.56 Å². The zero-order valence-corrected chi connectivity index (χ0v) is 19.9. The molecule has 2 aromatic carbocycles. The topological polar surface area (TPSA) is 72.9 Å². The zero-order chi connectivity index (χ0) is 24.0. The van der Waals surface area contributed by atoms with Crippen LogP contribution in [-0.4, -0.2) is 24.2 Å². The van der Waals surface area contributed by atoms with Crippen LogP contribution in [0.15, 0.2) is 84.2 Å². The Balaban J connectivity index is 1.91. The Bertz CT molecular complexity index is 1590. The first-order valence-corrected chi connectivity index (χ1v) is 11.3. The van der Waals surface area contributed by atoms with Crippen molar-refractivity contribution < 1.29 is 5.11 Å². The third-order valence-corrected chi connectivity index (χ3v) is 6.53. The van der Waals surface area contributed by atoms with Crippen LogP contribution in [0.2, 0.25) is 10.0 Å². The van der Waals surface area contributed by atoms with E-state index >= 15 is 0 Å². The second kappa shape index (κ2) is 8.40. The van der Waals surface area contributed by atoms with Crippen LogP contribution in [0.4, 0.5) is 0 Å². The number of rotatable bonds is 4. The third kappa shape index (κ3) is 3.51. The number of halogens is 2. The van der Waals surface area contributed by atoms with Crippen molar-refractivity contribution in [3.63, 3.8) is 0 Å². The molecule has 170 valence electrons. The summed E-state index contributed by atoms with van der Waals surface area (Å²) in [5.74, 6) is 0.